The van der Waals surface area contributed by atoms with E-state index in [4.69, 9.17) is 5.26 Å². The zero-order valence-corrected chi connectivity index (χ0v) is 10.6. The first kappa shape index (κ1) is 13.9. The van der Waals surface area contributed by atoms with Crippen molar-refractivity contribution in [2.45, 2.75) is 12.5 Å². The van der Waals surface area contributed by atoms with E-state index in [1.165, 1.54) is 0 Å². The lowest BCUT2D eigenvalue weighted by molar-refractivity contribution is 0.0787. The average Bonchev–Trinajstić information content (AvgIpc) is 2.64. The van der Waals surface area contributed by atoms with Crippen molar-refractivity contribution in [2.75, 3.05) is 11.5 Å². The predicted molar refractivity (Wildman–Crippen MR) is 62.6 cm³/mol. The minimum absolute atomic E-state index is 0.0505. The van der Waals surface area contributed by atoms with Crippen LogP contribution in [-0.4, -0.2) is 25.0 Å². The van der Waals surface area contributed by atoms with Gasteiger partial charge in [0.25, 0.3) is 0 Å². The molecule has 0 radical (unpaired) electrons. The fraction of sp³-hybridized carbons (Fsp3) is 0.417. The van der Waals surface area contributed by atoms with Gasteiger partial charge in [0, 0.05) is 6.07 Å². The largest absolute Gasteiger partial charge is 0.387 e. The van der Waals surface area contributed by atoms with Gasteiger partial charge in [0.1, 0.15) is 17.0 Å². The van der Waals surface area contributed by atoms with E-state index in [0.717, 1.165) is 12.1 Å². The van der Waals surface area contributed by atoms with Crippen LogP contribution in [0.25, 0.3) is 0 Å². The molecule has 0 spiro atoms. The van der Waals surface area contributed by atoms with Gasteiger partial charge in [-0.2, -0.15) is 5.26 Å². The van der Waals surface area contributed by atoms with Crippen molar-refractivity contribution >= 4 is 9.84 Å². The molecule has 7 heteroatoms. The van der Waals surface area contributed by atoms with Gasteiger partial charge in [0.15, 0.2) is 9.84 Å². The average molecular weight is 287 g/mol. The Morgan fingerprint density at radius 3 is 2.32 bits per heavy atom. The monoisotopic (exact) mass is 287 g/mol. The third-order valence-electron chi connectivity index (χ3n) is 3.28. The third-order valence-corrected chi connectivity index (χ3v) is 5.06. The van der Waals surface area contributed by atoms with Crippen molar-refractivity contribution in [3.8, 4) is 6.07 Å². The lowest BCUT2D eigenvalue weighted by Gasteiger charge is -2.26. The molecule has 1 N–H and O–H groups in total. The lowest BCUT2D eigenvalue weighted by Crippen LogP contribution is -2.29. The molecule has 4 nitrogen and oxygen atoms in total. The normalized spacial score (nSPS) is 26.8. The third kappa shape index (κ3) is 2.60. The topological polar surface area (TPSA) is 78.2 Å². The molecule has 1 fully saturated rings. The van der Waals surface area contributed by atoms with Gasteiger partial charge in [-0.1, -0.05) is 0 Å². The maximum Gasteiger partial charge on any atom is 0.152 e. The second-order valence-electron chi connectivity index (χ2n) is 4.72. The van der Waals surface area contributed by atoms with Crippen LogP contribution in [0.2, 0.25) is 0 Å². The summed E-state index contributed by atoms with van der Waals surface area (Å²) in [5.74, 6) is -2.49. The molecule has 1 aromatic rings. The molecule has 0 amide bonds. The number of nitrogens with zero attached hydrogens (tertiary/aromatic N) is 1. The Bertz CT molecular complexity index is 633. The molecule has 0 bridgehead atoms. The molecule has 1 heterocycles. The second kappa shape index (κ2) is 4.54. The van der Waals surface area contributed by atoms with E-state index in [1.54, 1.807) is 6.07 Å². The minimum atomic E-state index is -3.41. The summed E-state index contributed by atoms with van der Waals surface area (Å²) in [5.41, 5.74) is -1.67. The highest BCUT2D eigenvalue weighted by Crippen LogP contribution is 2.43. The van der Waals surface area contributed by atoms with Crippen LogP contribution in [0.15, 0.2) is 18.2 Å². The quantitative estimate of drug-likeness (QED) is 0.890. The Balaban J connectivity index is 2.43. The summed E-state index contributed by atoms with van der Waals surface area (Å²) in [6.07, 6.45) is -1.59. The number of nitriles is 1. The molecule has 2 atom stereocenters. The second-order valence-corrected chi connectivity index (χ2v) is 6.90. The van der Waals surface area contributed by atoms with E-state index in [2.05, 4.69) is 0 Å². The van der Waals surface area contributed by atoms with Gasteiger partial charge in [-0.15, -0.1) is 0 Å². The Labute approximate surface area is 109 Å². The maximum absolute atomic E-state index is 13.1. The highest BCUT2D eigenvalue weighted by molar-refractivity contribution is 7.91. The highest BCUT2D eigenvalue weighted by atomic mass is 32.2. The van der Waals surface area contributed by atoms with Gasteiger partial charge < -0.3 is 5.11 Å². The summed E-state index contributed by atoms with van der Waals surface area (Å²) in [4.78, 5) is 0. The van der Waals surface area contributed by atoms with E-state index < -0.39 is 38.7 Å². The van der Waals surface area contributed by atoms with Gasteiger partial charge >= 0.3 is 0 Å². The molecule has 2 unspecified atom stereocenters. The van der Waals surface area contributed by atoms with Crippen LogP contribution in [0, 0.1) is 28.4 Å². The van der Waals surface area contributed by atoms with Gasteiger partial charge in [-0.05, 0) is 24.1 Å². The van der Waals surface area contributed by atoms with Crippen LogP contribution in [0.3, 0.4) is 0 Å². The lowest BCUT2D eigenvalue weighted by atomic mass is 9.80. The molecule has 1 aliphatic rings. The number of aliphatic hydroxyl groups excluding tert-OH is 1. The van der Waals surface area contributed by atoms with Crippen LogP contribution < -0.4 is 0 Å². The number of hydrogen-bond acceptors (Lipinski definition) is 4. The Hall–Kier alpha value is -1.52. The Morgan fingerprint density at radius 1 is 1.32 bits per heavy atom. The Kier molecular flexibility index (Phi) is 3.32. The highest BCUT2D eigenvalue weighted by Gasteiger charge is 2.48. The molecule has 102 valence electrons. The zero-order chi connectivity index (χ0) is 14.3. The summed E-state index contributed by atoms with van der Waals surface area (Å²) < 4.78 is 49.1. The van der Waals surface area contributed by atoms with Gasteiger partial charge in [-0.3, -0.25) is 0 Å². The molecule has 0 aliphatic carbocycles. The first-order chi connectivity index (χ1) is 8.78. The number of sulfone groups is 1. The first-order valence-corrected chi connectivity index (χ1v) is 7.36. The molecule has 0 saturated carbocycles. The van der Waals surface area contributed by atoms with E-state index in [0.29, 0.717) is 6.07 Å². The van der Waals surface area contributed by atoms with Crippen LogP contribution >= 0.6 is 0 Å². The summed E-state index contributed by atoms with van der Waals surface area (Å²) in [6.45, 7) is 0. The number of hydrogen-bond donors (Lipinski definition) is 1. The van der Waals surface area contributed by atoms with Crippen molar-refractivity contribution in [3.05, 3.63) is 35.4 Å². The molecule has 19 heavy (non-hydrogen) atoms. The van der Waals surface area contributed by atoms with Gasteiger partial charge in [0.05, 0.1) is 23.7 Å². The molecular weight excluding hydrogens is 276 g/mol. The Morgan fingerprint density at radius 2 is 1.89 bits per heavy atom. The molecule has 1 aliphatic heterocycles. The zero-order valence-electron chi connectivity index (χ0n) is 9.81. The first-order valence-electron chi connectivity index (χ1n) is 5.54. The van der Waals surface area contributed by atoms with E-state index in [-0.39, 0.29) is 17.7 Å². The molecule has 1 saturated heterocycles. The number of halogens is 2. The standard InChI is InChI=1S/C12H11F2NO3S/c13-9-3-8(4-10(14)5-9)11(16)12(6-15)1-2-19(17,18)7-12/h3-5,11,16H,1-2,7H2. The smallest absolute Gasteiger partial charge is 0.152 e. The summed E-state index contributed by atoms with van der Waals surface area (Å²) >= 11 is 0. The van der Waals surface area contributed by atoms with Crippen molar-refractivity contribution in [1.29, 1.82) is 5.26 Å². The number of benzene rings is 1. The van der Waals surface area contributed by atoms with E-state index >= 15 is 0 Å². The van der Waals surface area contributed by atoms with E-state index in [1.807, 2.05) is 0 Å². The fourth-order valence-corrected chi connectivity index (χ4v) is 4.26. The number of rotatable bonds is 2. The van der Waals surface area contributed by atoms with Gasteiger partial charge in [0.2, 0.25) is 0 Å². The molecular formula is C12H11F2NO3S. The molecule has 1 aromatic carbocycles. The van der Waals surface area contributed by atoms with E-state index in [9.17, 15) is 22.3 Å². The maximum atomic E-state index is 13.1. The predicted octanol–water partition coefficient (Wildman–Crippen LogP) is 1.33. The van der Waals surface area contributed by atoms with Crippen molar-refractivity contribution in [3.63, 3.8) is 0 Å². The van der Waals surface area contributed by atoms with Crippen LogP contribution in [0.5, 0.6) is 0 Å². The van der Waals surface area contributed by atoms with Crippen LogP contribution in [0.4, 0.5) is 8.78 Å². The SMILES string of the molecule is N#CC1(C(O)c2cc(F)cc(F)c2)CCS(=O)(=O)C1. The minimum Gasteiger partial charge on any atom is -0.387 e. The van der Waals surface area contributed by atoms with Crippen molar-refractivity contribution in [2.24, 2.45) is 5.41 Å². The van der Waals surface area contributed by atoms with Gasteiger partial charge in [-0.25, -0.2) is 17.2 Å². The summed E-state index contributed by atoms with van der Waals surface area (Å²) in [6, 6.07) is 4.24. The molecule has 0 aromatic heterocycles. The number of aliphatic hydroxyl groups is 1. The molecule has 2 rings (SSSR count). The van der Waals surface area contributed by atoms with Crippen LogP contribution in [0.1, 0.15) is 18.1 Å². The summed E-state index contributed by atoms with van der Waals surface area (Å²) in [5, 5.41) is 19.3. The van der Waals surface area contributed by atoms with Crippen molar-refractivity contribution < 1.29 is 22.3 Å². The fourth-order valence-electron chi connectivity index (χ4n) is 2.29. The van der Waals surface area contributed by atoms with Crippen molar-refractivity contribution in [1.82, 2.24) is 0 Å². The van der Waals surface area contributed by atoms with Crippen LogP contribution in [-0.2, 0) is 9.84 Å². The summed E-state index contributed by atoms with van der Waals surface area (Å²) in [7, 11) is -3.41.